The van der Waals surface area contributed by atoms with Gasteiger partial charge in [0.25, 0.3) is 0 Å². The van der Waals surface area contributed by atoms with Gasteiger partial charge in [-0.2, -0.15) is 0 Å². The predicted octanol–water partition coefficient (Wildman–Crippen LogP) is 1.31. The Hall–Kier alpha value is -1.01. The normalized spacial score (nSPS) is 20.0. The molecular weight excluding hydrogens is 488 g/mol. The SMILES string of the molecule is CN=C(NCCN1CCOCC1)NCC(c1cccc(F)c1)N1CCOCC1.I. The molecule has 0 spiro atoms. The molecule has 9 heteroatoms. The van der Waals surface area contributed by atoms with Gasteiger partial charge in [0.2, 0.25) is 0 Å². The van der Waals surface area contributed by atoms with Crippen LogP contribution in [0, 0.1) is 5.82 Å². The second-order valence-corrected chi connectivity index (χ2v) is 7.05. The summed E-state index contributed by atoms with van der Waals surface area (Å²) in [6.07, 6.45) is 0. The van der Waals surface area contributed by atoms with Crippen LogP contribution in [0.15, 0.2) is 29.3 Å². The number of morpholine rings is 2. The van der Waals surface area contributed by atoms with Crippen molar-refractivity contribution in [1.82, 2.24) is 20.4 Å². The minimum absolute atomic E-state index is 0. The van der Waals surface area contributed by atoms with Crippen molar-refractivity contribution in [1.29, 1.82) is 0 Å². The first-order chi connectivity index (χ1) is 13.8. The van der Waals surface area contributed by atoms with Crippen LogP contribution in [0.25, 0.3) is 0 Å². The predicted molar refractivity (Wildman–Crippen MR) is 124 cm³/mol. The summed E-state index contributed by atoms with van der Waals surface area (Å²) in [5.41, 5.74) is 0.971. The van der Waals surface area contributed by atoms with Crippen molar-refractivity contribution in [3.05, 3.63) is 35.6 Å². The molecule has 2 aliphatic rings. The smallest absolute Gasteiger partial charge is 0.191 e. The molecule has 7 nitrogen and oxygen atoms in total. The topological polar surface area (TPSA) is 61.4 Å². The van der Waals surface area contributed by atoms with Crippen molar-refractivity contribution < 1.29 is 13.9 Å². The summed E-state index contributed by atoms with van der Waals surface area (Å²) in [5.74, 6) is 0.562. The fourth-order valence-electron chi connectivity index (χ4n) is 3.63. The van der Waals surface area contributed by atoms with Crippen molar-refractivity contribution in [2.24, 2.45) is 4.99 Å². The van der Waals surface area contributed by atoms with E-state index in [1.807, 2.05) is 6.07 Å². The van der Waals surface area contributed by atoms with E-state index in [-0.39, 0.29) is 35.8 Å². The van der Waals surface area contributed by atoms with Crippen LogP contribution in [0.4, 0.5) is 4.39 Å². The molecule has 0 aliphatic carbocycles. The molecule has 2 heterocycles. The van der Waals surface area contributed by atoms with Gasteiger partial charge in [0.1, 0.15) is 5.82 Å². The molecule has 1 aromatic rings. The molecule has 0 amide bonds. The maximum Gasteiger partial charge on any atom is 0.191 e. The number of nitrogens with zero attached hydrogens (tertiary/aromatic N) is 3. The van der Waals surface area contributed by atoms with Crippen LogP contribution in [0.1, 0.15) is 11.6 Å². The average Bonchev–Trinajstić information content (AvgIpc) is 2.74. The molecule has 0 aromatic heterocycles. The first-order valence-corrected chi connectivity index (χ1v) is 10.1. The molecule has 1 unspecified atom stereocenters. The highest BCUT2D eigenvalue weighted by Crippen LogP contribution is 2.22. The maximum absolute atomic E-state index is 13.8. The van der Waals surface area contributed by atoms with Gasteiger partial charge in [-0.1, -0.05) is 12.1 Å². The van der Waals surface area contributed by atoms with Crippen LogP contribution in [0.3, 0.4) is 0 Å². The van der Waals surface area contributed by atoms with Crippen LogP contribution in [-0.4, -0.2) is 95.0 Å². The Labute approximate surface area is 190 Å². The molecule has 2 N–H and O–H groups in total. The molecule has 3 rings (SSSR count). The summed E-state index contributed by atoms with van der Waals surface area (Å²) in [4.78, 5) is 9.05. The highest BCUT2D eigenvalue weighted by atomic mass is 127. The Bertz CT molecular complexity index is 625. The lowest BCUT2D eigenvalue weighted by molar-refractivity contribution is 0.0169. The van der Waals surface area contributed by atoms with E-state index in [9.17, 15) is 4.39 Å². The van der Waals surface area contributed by atoms with Crippen LogP contribution >= 0.6 is 24.0 Å². The first kappa shape index (κ1) is 24.3. The zero-order valence-corrected chi connectivity index (χ0v) is 19.4. The fraction of sp³-hybridized carbons (Fsp3) is 0.650. The molecule has 1 atom stereocenters. The van der Waals surface area contributed by atoms with Gasteiger partial charge in [0.15, 0.2) is 5.96 Å². The number of halogens is 2. The second-order valence-electron chi connectivity index (χ2n) is 7.05. The molecular formula is C20H33FIN5O2. The van der Waals surface area contributed by atoms with Gasteiger partial charge < -0.3 is 20.1 Å². The molecule has 164 valence electrons. The Balaban J connectivity index is 0.00000300. The third kappa shape index (κ3) is 7.97. The average molecular weight is 521 g/mol. The van der Waals surface area contributed by atoms with Gasteiger partial charge in [0, 0.05) is 52.9 Å². The zero-order chi connectivity index (χ0) is 19.6. The number of hydrogen-bond acceptors (Lipinski definition) is 5. The van der Waals surface area contributed by atoms with E-state index in [4.69, 9.17) is 9.47 Å². The lowest BCUT2D eigenvalue weighted by atomic mass is 10.0. The van der Waals surface area contributed by atoms with Gasteiger partial charge in [-0.15, -0.1) is 24.0 Å². The number of benzene rings is 1. The zero-order valence-electron chi connectivity index (χ0n) is 17.1. The number of nitrogens with one attached hydrogen (secondary N) is 2. The van der Waals surface area contributed by atoms with Gasteiger partial charge in [0.05, 0.1) is 32.5 Å². The van der Waals surface area contributed by atoms with Crippen molar-refractivity contribution in [3.8, 4) is 0 Å². The number of guanidine groups is 1. The van der Waals surface area contributed by atoms with E-state index < -0.39 is 0 Å². The fourth-order valence-corrected chi connectivity index (χ4v) is 3.63. The summed E-state index contributed by atoms with van der Waals surface area (Å²) in [5, 5.41) is 6.79. The molecule has 0 bridgehead atoms. The Morgan fingerprint density at radius 1 is 1.10 bits per heavy atom. The summed E-state index contributed by atoms with van der Waals surface area (Å²) >= 11 is 0. The van der Waals surface area contributed by atoms with Gasteiger partial charge >= 0.3 is 0 Å². The lowest BCUT2D eigenvalue weighted by Crippen LogP contribution is -2.48. The summed E-state index contributed by atoms with van der Waals surface area (Å²) in [7, 11) is 1.77. The largest absolute Gasteiger partial charge is 0.379 e. The van der Waals surface area contributed by atoms with Crippen molar-refractivity contribution >= 4 is 29.9 Å². The van der Waals surface area contributed by atoms with E-state index in [2.05, 4.69) is 25.4 Å². The Morgan fingerprint density at radius 3 is 2.45 bits per heavy atom. The van der Waals surface area contributed by atoms with Crippen molar-refractivity contribution in [2.45, 2.75) is 6.04 Å². The molecule has 2 saturated heterocycles. The van der Waals surface area contributed by atoms with E-state index in [0.717, 1.165) is 64.0 Å². The van der Waals surface area contributed by atoms with Gasteiger partial charge in [-0.25, -0.2) is 4.39 Å². The highest BCUT2D eigenvalue weighted by molar-refractivity contribution is 14.0. The van der Waals surface area contributed by atoms with Crippen LogP contribution in [-0.2, 0) is 9.47 Å². The van der Waals surface area contributed by atoms with Gasteiger partial charge in [-0.05, 0) is 17.7 Å². The minimum Gasteiger partial charge on any atom is -0.379 e. The third-order valence-electron chi connectivity index (χ3n) is 5.23. The van der Waals surface area contributed by atoms with Gasteiger partial charge in [-0.3, -0.25) is 14.8 Å². The van der Waals surface area contributed by atoms with Crippen LogP contribution in [0.5, 0.6) is 0 Å². The summed E-state index contributed by atoms with van der Waals surface area (Å²) in [6.45, 7) is 9.10. The Morgan fingerprint density at radius 2 is 1.79 bits per heavy atom. The van der Waals surface area contributed by atoms with E-state index in [1.165, 1.54) is 6.07 Å². The minimum atomic E-state index is -0.205. The standard InChI is InChI=1S/C20H32FN5O2.HI/c1-22-20(23-5-6-25-7-11-27-12-8-25)24-16-19(26-9-13-28-14-10-26)17-3-2-4-18(21)15-17;/h2-4,15,19H,5-14,16H2,1H3,(H2,22,23,24);1H. The van der Waals surface area contributed by atoms with E-state index in [1.54, 1.807) is 19.2 Å². The highest BCUT2D eigenvalue weighted by Gasteiger charge is 2.23. The quantitative estimate of drug-likeness (QED) is 0.321. The Kier molecular flexibility index (Phi) is 11.1. The van der Waals surface area contributed by atoms with Crippen LogP contribution < -0.4 is 10.6 Å². The molecule has 2 aliphatic heterocycles. The number of aliphatic imine (C=N–C) groups is 1. The number of rotatable bonds is 7. The van der Waals surface area contributed by atoms with Crippen LogP contribution in [0.2, 0.25) is 0 Å². The van der Waals surface area contributed by atoms with Crippen molar-refractivity contribution in [3.63, 3.8) is 0 Å². The monoisotopic (exact) mass is 521 g/mol. The second kappa shape index (κ2) is 13.3. The molecule has 0 saturated carbocycles. The van der Waals surface area contributed by atoms with Crippen molar-refractivity contribution in [2.75, 3.05) is 79.3 Å². The number of hydrogen-bond donors (Lipinski definition) is 2. The lowest BCUT2D eigenvalue weighted by Gasteiger charge is -2.35. The van der Waals surface area contributed by atoms with E-state index >= 15 is 0 Å². The molecule has 29 heavy (non-hydrogen) atoms. The molecule has 0 radical (unpaired) electrons. The van der Waals surface area contributed by atoms with E-state index in [0.29, 0.717) is 19.8 Å². The summed E-state index contributed by atoms with van der Waals surface area (Å²) < 4.78 is 24.7. The third-order valence-corrected chi connectivity index (χ3v) is 5.23. The molecule has 2 fully saturated rings. The molecule has 1 aromatic carbocycles. The first-order valence-electron chi connectivity index (χ1n) is 10.1. The maximum atomic E-state index is 13.8. The summed E-state index contributed by atoms with van der Waals surface area (Å²) in [6, 6.07) is 6.93. The number of ether oxygens (including phenoxy) is 2.